The molecule has 0 amide bonds. The summed E-state index contributed by atoms with van der Waals surface area (Å²) >= 11 is 0. The van der Waals surface area contributed by atoms with Crippen molar-refractivity contribution in [1.29, 1.82) is 0 Å². The van der Waals surface area contributed by atoms with Crippen LogP contribution in [-0.4, -0.2) is 42.1 Å². The summed E-state index contributed by atoms with van der Waals surface area (Å²) in [6.45, 7) is 10.2. The molecular formula is C19H29NO5. The summed E-state index contributed by atoms with van der Waals surface area (Å²) in [5.74, 6) is 1.46. The molecular weight excluding hydrogens is 322 g/mol. The maximum absolute atomic E-state index is 10.2. The van der Waals surface area contributed by atoms with Crippen LogP contribution in [0.5, 0.6) is 11.5 Å². The highest BCUT2D eigenvalue weighted by Gasteiger charge is 2.21. The summed E-state index contributed by atoms with van der Waals surface area (Å²) in [5.41, 5.74) is 1.30. The van der Waals surface area contributed by atoms with Crippen molar-refractivity contribution < 1.29 is 24.1 Å². The van der Waals surface area contributed by atoms with E-state index in [-0.39, 0.29) is 12.1 Å². The molecule has 2 unspecified atom stereocenters. The lowest BCUT2D eigenvalue weighted by Crippen LogP contribution is -2.42. The van der Waals surface area contributed by atoms with Crippen molar-refractivity contribution in [3.8, 4) is 11.5 Å². The van der Waals surface area contributed by atoms with E-state index >= 15 is 0 Å². The van der Waals surface area contributed by atoms with Crippen molar-refractivity contribution in [2.45, 2.75) is 52.4 Å². The van der Waals surface area contributed by atoms with Crippen molar-refractivity contribution in [1.82, 2.24) is 5.32 Å². The van der Waals surface area contributed by atoms with Crippen LogP contribution >= 0.6 is 0 Å². The summed E-state index contributed by atoms with van der Waals surface area (Å²) in [5, 5.41) is 24.1. The maximum Gasteiger partial charge on any atom is 0.204 e. The lowest BCUT2D eigenvalue weighted by molar-refractivity contribution is 0.0985. The first-order chi connectivity index (χ1) is 11.6. The molecule has 0 radical (unpaired) electrons. The first-order valence-corrected chi connectivity index (χ1v) is 8.48. The molecule has 1 aromatic heterocycles. The summed E-state index contributed by atoms with van der Waals surface area (Å²) in [7, 11) is 1.55. The molecule has 2 atom stereocenters. The molecule has 0 bridgehead atoms. The Morgan fingerprint density at radius 1 is 1.24 bits per heavy atom. The third kappa shape index (κ3) is 4.66. The van der Waals surface area contributed by atoms with Crippen LogP contribution in [0.3, 0.4) is 0 Å². The number of furan rings is 1. The number of aliphatic hydroxyl groups is 2. The Hall–Kier alpha value is -1.76. The van der Waals surface area contributed by atoms with E-state index in [1.807, 2.05) is 33.8 Å². The van der Waals surface area contributed by atoms with Crippen LogP contribution in [0, 0.1) is 6.92 Å². The van der Waals surface area contributed by atoms with Crippen LogP contribution in [0.2, 0.25) is 0 Å². The minimum atomic E-state index is -0.715. The van der Waals surface area contributed by atoms with E-state index in [0.717, 1.165) is 10.9 Å². The van der Waals surface area contributed by atoms with E-state index in [2.05, 4.69) is 5.32 Å². The van der Waals surface area contributed by atoms with Crippen LogP contribution in [0.1, 0.15) is 45.1 Å². The van der Waals surface area contributed by atoms with Crippen molar-refractivity contribution in [3.05, 3.63) is 23.5 Å². The first kappa shape index (κ1) is 19.6. The predicted octanol–water partition coefficient (Wildman–Crippen LogP) is 2.93. The fourth-order valence-electron chi connectivity index (χ4n) is 2.62. The highest BCUT2D eigenvalue weighted by Crippen LogP contribution is 2.40. The number of aryl methyl sites for hydroxylation is 1. The van der Waals surface area contributed by atoms with E-state index in [0.29, 0.717) is 29.4 Å². The number of benzene rings is 1. The zero-order valence-electron chi connectivity index (χ0n) is 15.8. The largest absolute Gasteiger partial charge is 0.493 e. The molecule has 0 spiro atoms. The van der Waals surface area contributed by atoms with E-state index in [1.54, 1.807) is 20.1 Å². The van der Waals surface area contributed by atoms with Gasteiger partial charge in [0.15, 0.2) is 11.3 Å². The molecule has 2 rings (SSSR count). The van der Waals surface area contributed by atoms with E-state index in [1.165, 1.54) is 0 Å². The van der Waals surface area contributed by atoms with Crippen LogP contribution < -0.4 is 14.8 Å². The topological polar surface area (TPSA) is 84.1 Å². The van der Waals surface area contributed by atoms with Crippen LogP contribution in [0.15, 0.2) is 16.5 Å². The molecule has 0 aliphatic carbocycles. The Labute approximate surface area is 148 Å². The third-order valence-electron chi connectivity index (χ3n) is 3.95. The summed E-state index contributed by atoms with van der Waals surface area (Å²) in [6, 6.07) is 3.68. The molecule has 140 valence electrons. The van der Waals surface area contributed by atoms with E-state index < -0.39 is 12.2 Å². The Morgan fingerprint density at radius 2 is 1.92 bits per heavy atom. The average molecular weight is 351 g/mol. The predicted molar refractivity (Wildman–Crippen MR) is 97.4 cm³/mol. The zero-order chi connectivity index (χ0) is 18.8. The smallest absolute Gasteiger partial charge is 0.204 e. The van der Waals surface area contributed by atoms with Crippen LogP contribution in [0.4, 0.5) is 0 Å². The minimum Gasteiger partial charge on any atom is -0.493 e. The van der Waals surface area contributed by atoms with E-state index in [4.69, 9.17) is 13.9 Å². The minimum absolute atomic E-state index is 0.0804. The molecule has 2 aromatic rings. The molecule has 0 aliphatic heterocycles. The Morgan fingerprint density at radius 3 is 2.48 bits per heavy atom. The Balaban J connectivity index is 2.25. The van der Waals surface area contributed by atoms with Gasteiger partial charge in [-0.05, 0) is 46.8 Å². The molecule has 3 N–H and O–H groups in total. The highest BCUT2D eigenvalue weighted by atomic mass is 16.5. The van der Waals surface area contributed by atoms with Gasteiger partial charge in [0.05, 0.1) is 7.11 Å². The first-order valence-electron chi connectivity index (χ1n) is 8.48. The van der Waals surface area contributed by atoms with Gasteiger partial charge in [0.1, 0.15) is 24.6 Å². The third-order valence-corrected chi connectivity index (χ3v) is 3.95. The van der Waals surface area contributed by atoms with Crippen LogP contribution in [0.25, 0.3) is 11.0 Å². The molecule has 6 heteroatoms. The van der Waals surface area contributed by atoms with Gasteiger partial charge < -0.3 is 29.4 Å². The highest BCUT2D eigenvalue weighted by molar-refractivity contribution is 5.89. The molecule has 25 heavy (non-hydrogen) atoms. The van der Waals surface area contributed by atoms with Crippen molar-refractivity contribution in [3.63, 3.8) is 0 Å². The quantitative estimate of drug-likeness (QED) is 0.711. The van der Waals surface area contributed by atoms with Gasteiger partial charge in [-0.2, -0.15) is 0 Å². The number of rotatable bonds is 7. The number of β-amino-alcohol motifs (C(OH)–C–C–N with tert-alkyl or cyclic N) is 1. The lowest BCUT2D eigenvalue weighted by atomic mass is 10.1. The summed E-state index contributed by atoms with van der Waals surface area (Å²) in [6.07, 6.45) is -1.39. The van der Waals surface area contributed by atoms with Gasteiger partial charge in [-0.25, -0.2) is 0 Å². The number of fused-ring (bicyclic) bond motifs is 1. The second kappa shape index (κ2) is 7.64. The average Bonchev–Trinajstić information content (AvgIpc) is 2.87. The number of hydrogen-bond donors (Lipinski definition) is 3. The maximum atomic E-state index is 10.2. The van der Waals surface area contributed by atoms with Crippen molar-refractivity contribution in [2.75, 3.05) is 20.3 Å². The molecule has 6 nitrogen and oxygen atoms in total. The second-order valence-electron chi connectivity index (χ2n) is 7.34. The monoisotopic (exact) mass is 351 g/mol. The molecule has 0 saturated heterocycles. The van der Waals surface area contributed by atoms with Crippen molar-refractivity contribution >= 4 is 11.0 Å². The number of ether oxygens (including phenoxy) is 2. The zero-order valence-corrected chi connectivity index (χ0v) is 15.8. The Kier molecular flexibility index (Phi) is 5.98. The molecule has 0 saturated carbocycles. The Bertz CT molecular complexity index is 715. The van der Waals surface area contributed by atoms with Gasteiger partial charge in [0, 0.05) is 23.0 Å². The normalized spacial score (nSPS) is 14.6. The molecule has 1 aromatic carbocycles. The van der Waals surface area contributed by atoms with Crippen LogP contribution in [-0.2, 0) is 0 Å². The van der Waals surface area contributed by atoms with Gasteiger partial charge in [0.2, 0.25) is 5.75 Å². The van der Waals surface area contributed by atoms with E-state index in [9.17, 15) is 10.2 Å². The molecule has 0 aliphatic rings. The number of methoxy groups -OCH3 is 1. The molecule has 1 heterocycles. The number of aliphatic hydroxyl groups excluding tert-OH is 2. The van der Waals surface area contributed by atoms with Gasteiger partial charge in [-0.3, -0.25) is 0 Å². The van der Waals surface area contributed by atoms with Gasteiger partial charge in [-0.1, -0.05) is 0 Å². The summed E-state index contributed by atoms with van der Waals surface area (Å²) in [4.78, 5) is 0. The standard InChI is InChI=1S/C19H29NO5/c1-11-14-7-8-15(23-6)18(17(14)25-16(11)12(2)21)24-10-13(22)9-20-19(3,4)5/h7-8,12-13,20-22H,9-10H2,1-6H3. The van der Waals surface area contributed by atoms with Gasteiger partial charge in [-0.15, -0.1) is 0 Å². The van der Waals surface area contributed by atoms with Gasteiger partial charge in [0.25, 0.3) is 0 Å². The molecule has 0 fully saturated rings. The van der Waals surface area contributed by atoms with Gasteiger partial charge >= 0.3 is 0 Å². The SMILES string of the molecule is COc1ccc2c(C)c(C(C)O)oc2c1OCC(O)CNC(C)(C)C. The van der Waals surface area contributed by atoms with Crippen molar-refractivity contribution in [2.24, 2.45) is 0 Å². The number of hydrogen-bond acceptors (Lipinski definition) is 6. The fourth-order valence-corrected chi connectivity index (χ4v) is 2.62. The second-order valence-corrected chi connectivity index (χ2v) is 7.34. The summed E-state index contributed by atoms with van der Waals surface area (Å²) < 4.78 is 17.0. The lowest BCUT2D eigenvalue weighted by Gasteiger charge is -2.23. The fraction of sp³-hybridized carbons (Fsp3) is 0.579. The number of nitrogens with one attached hydrogen (secondary N) is 1.